The second kappa shape index (κ2) is 4.76. The second-order valence-corrected chi connectivity index (χ2v) is 6.43. The standard InChI is InChI=1S/C12H17NO3S/c1-9-3-2-4-12(5-9)17(15,16)13-8-10-6-11(14)7-10/h2-5,10-11,13-14H,6-8H2,1H3. The molecule has 94 valence electrons. The van der Waals surface area contributed by atoms with Gasteiger partial charge in [0, 0.05) is 6.54 Å². The molecule has 1 aliphatic carbocycles. The van der Waals surface area contributed by atoms with Crippen LogP contribution in [0, 0.1) is 12.8 Å². The third-order valence-electron chi connectivity index (χ3n) is 3.07. The van der Waals surface area contributed by atoms with Crippen molar-refractivity contribution < 1.29 is 13.5 Å². The Balaban J connectivity index is 1.99. The van der Waals surface area contributed by atoms with E-state index in [1.165, 1.54) is 0 Å². The number of aliphatic hydroxyl groups is 1. The summed E-state index contributed by atoms with van der Waals surface area (Å²) < 4.78 is 26.5. The van der Waals surface area contributed by atoms with Crippen LogP contribution < -0.4 is 4.72 Å². The van der Waals surface area contributed by atoms with Gasteiger partial charge in [0.05, 0.1) is 11.0 Å². The Hall–Kier alpha value is -0.910. The van der Waals surface area contributed by atoms with Gasteiger partial charge in [-0.1, -0.05) is 12.1 Å². The van der Waals surface area contributed by atoms with Gasteiger partial charge in [-0.05, 0) is 43.4 Å². The van der Waals surface area contributed by atoms with Crippen LogP contribution in [0.5, 0.6) is 0 Å². The molecule has 0 aliphatic heterocycles. The molecule has 0 unspecified atom stereocenters. The van der Waals surface area contributed by atoms with Crippen LogP contribution in [-0.4, -0.2) is 26.2 Å². The molecule has 4 nitrogen and oxygen atoms in total. The molecule has 0 spiro atoms. The number of hydrogen-bond donors (Lipinski definition) is 2. The molecule has 1 saturated carbocycles. The van der Waals surface area contributed by atoms with Crippen molar-refractivity contribution in [2.75, 3.05) is 6.54 Å². The number of aryl methyl sites for hydroxylation is 1. The Kier molecular flexibility index (Phi) is 3.51. The summed E-state index contributed by atoms with van der Waals surface area (Å²) in [5.41, 5.74) is 0.923. The largest absolute Gasteiger partial charge is 0.393 e. The molecular weight excluding hydrogens is 238 g/mol. The van der Waals surface area contributed by atoms with E-state index in [4.69, 9.17) is 5.11 Å². The van der Waals surface area contributed by atoms with E-state index in [1.54, 1.807) is 18.2 Å². The summed E-state index contributed by atoms with van der Waals surface area (Å²) in [7, 11) is -3.40. The van der Waals surface area contributed by atoms with E-state index in [0.717, 1.165) is 5.56 Å². The zero-order chi connectivity index (χ0) is 12.5. The highest BCUT2D eigenvalue weighted by atomic mass is 32.2. The molecule has 17 heavy (non-hydrogen) atoms. The van der Waals surface area contributed by atoms with Crippen molar-refractivity contribution in [1.82, 2.24) is 4.72 Å². The normalized spacial score (nSPS) is 24.4. The van der Waals surface area contributed by atoms with Gasteiger partial charge in [0.15, 0.2) is 0 Å². The molecule has 0 aromatic heterocycles. The van der Waals surface area contributed by atoms with Gasteiger partial charge in [0.2, 0.25) is 10.0 Å². The zero-order valence-electron chi connectivity index (χ0n) is 9.76. The molecule has 5 heteroatoms. The molecule has 0 bridgehead atoms. The van der Waals surface area contributed by atoms with E-state index in [2.05, 4.69) is 4.72 Å². The average Bonchev–Trinajstić information content (AvgIpc) is 2.23. The summed E-state index contributed by atoms with van der Waals surface area (Å²) >= 11 is 0. The number of rotatable bonds is 4. The van der Waals surface area contributed by atoms with Crippen LogP contribution >= 0.6 is 0 Å². The first kappa shape index (κ1) is 12.5. The van der Waals surface area contributed by atoms with E-state index in [1.807, 2.05) is 13.0 Å². The van der Waals surface area contributed by atoms with Crippen molar-refractivity contribution in [3.63, 3.8) is 0 Å². The van der Waals surface area contributed by atoms with Gasteiger partial charge in [-0.25, -0.2) is 13.1 Å². The molecule has 1 aromatic rings. The molecule has 2 rings (SSSR count). The van der Waals surface area contributed by atoms with Crippen LogP contribution in [0.2, 0.25) is 0 Å². The minimum atomic E-state index is -3.40. The van der Waals surface area contributed by atoms with Crippen LogP contribution in [0.15, 0.2) is 29.2 Å². The van der Waals surface area contributed by atoms with Crippen LogP contribution in [0.4, 0.5) is 0 Å². The highest BCUT2D eigenvalue weighted by molar-refractivity contribution is 7.89. The highest BCUT2D eigenvalue weighted by Gasteiger charge is 2.28. The maximum absolute atomic E-state index is 11.9. The van der Waals surface area contributed by atoms with Gasteiger partial charge in [0.1, 0.15) is 0 Å². The number of benzene rings is 1. The fourth-order valence-corrected chi connectivity index (χ4v) is 3.18. The molecule has 0 heterocycles. The van der Waals surface area contributed by atoms with Crippen LogP contribution in [0.1, 0.15) is 18.4 Å². The maximum atomic E-state index is 11.9. The molecule has 1 aliphatic rings. The predicted octanol–water partition coefficient (Wildman–Crippen LogP) is 1.04. The van der Waals surface area contributed by atoms with Crippen LogP contribution in [0.25, 0.3) is 0 Å². The zero-order valence-corrected chi connectivity index (χ0v) is 10.6. The predicted molar refractivity (Wildman–Crippen MR) is 65.1 cm³/mol. The Morgan fingerprint density at radius 3 is 2.71 bits per heavy atom. The number of sulfonamides is 1. The molecule has 0 radical (unpaired) electrons. The molecule has 1 aromatic carbocycles. The minimum absolute atomic E-state index is 0.247. The maximum Gasteiger partial charge on any atom is 0.240 e. The summed E-state index contributed by atoms with van der Waals surface area (Å²) in [6, 6.07) is 6.83. The van der Waals surface area contributed by atoms with Crippen LogP contribution in [-0.2, 0) is 10.0 Å². The summed E-state index contributed by atoms with van der Waals surface area (Å²) in [4.78, 5) is 0.303. The lowest BCUT2D eigenvalue weighted by Crippen LogP contribution is -2.38. The van der Waals surface area contributed by atoms with Crippen molar-refractivity contribution in [2.24, 2.45) is 5.92 Å². The van der Waals surface area contributed by atoms with E-state index >= 15 is 0 Å². The van der Waals surface area contributed by atoms with E-state index < -0.39 is 10.0 Å². The SMILES string of the molecule is Cc1cccc(S(=O)(=O)NCC2CC(O)C2)c1. The molecule has 2 N–H and O–H groups in total. The second-order valence-electron chi connectivity index (χ2n) is 4.66. The lowest BCUT2D eigenvalue weighted by atomic mass is 9.83. The summed E-state index contributed by atoms with van der Waals surface area (Å²) in [5.74, 6) is 0.268. The quantitative estimate of drug-likeness (QED) is 0.845. The Labute approximate surface area is 102 Å². The Morgan fingerprint density at radius 1 is 1.41 bits per heavy atom. The number of hydrogen-bond acceptors (Lipinski definition) is 3. The van der Waals surface area contributed by atoms with Crippen molar-refractivity contribution in [3.05, 3.63) is 29.8 Å². The van der Waals surface area contributed by atoms with Gasteiger partial charge in [-0.15, -0.1) is 0 Å². The lowest BCUT2D eigenvalue weighted by Gasteiger charge is -2.31. The first-order chi connectivity index (χ1) is 7.97. The fraction of sp³-hybridized carbons (Fsp3) is 0.500. The van der Waals surface area contributed by atoms with Gasteiger partial charge in [-0.2, -0.15) is 0 Å². The van der Waals surface area contributed by atoms with Gasteiger partial charge in [0.25, 0.3) is 0 Å². The van der Waals surface area contributed by atoms with E-state index in [-0.39, 0.29) is 12.0 Å². The Bertz CT molecular complexity index is 492. The van der Waals surface area contributed by atoms with Gasteiger partial charge < -0.3 is 5.11 Å². The first-order valence-electron chi connectivity index (χ1n) is 5.72. The van der Waals surface area contributed by atoms with Crippen molar-refractivity contribution in [1.29, 1.82) is 0 Å². The average molecular weight is 255 g/mol. The highest BCUT2D eigenvalue weighted by Crippen LogP contribution is 2.26. The van der Waals surface area contributed by atoms with Crippen LogP contribution in [0.3, 0.4) is 0 Å². The Morgan fingerprint density at radius 2 is 2.12 bits per heavy atom. The third kappa shape index (κ3) is 3.06. The van der Waals surface area contributed by atoms with E-state index in [9.17, 15) is 8.42 Å². The minimum Gasteiger partial charge on any atom is -0.393 e. The fourth-order valence-electron chi connectivity index (χ4n) is 1.96. The molecule has 0 saturated heterocycles. The molecule has 0 atom stereocenters. The van der Waals surface area contributed by atoms with Crippen molar-refractivity contribution >= 4 is 10.0 Å². The van der Waals surface area contributed by atoms with Crippen molar-refractivity contribution in [3.8, 4) is 0 Å². The molecular formula is C12H17NO3S. The summed E-state index contributed by atoms with van der Waals surface area (Å²) in [6.07, 6.45) is 1.13. The third-order valence-corrected chi connectivity index (χ3v) is 4.49. The summed E-state index contributed by atoms with van der Waals surface area (Å²) in [5, 5.41) is 9.12. The van der Waals surface area contributed by atoms with Crippen molar-refractivity contribution in [2.45, 2.75) is 30.8 Å². The lowest BCUT2D eigenvalue weighted by molar-refractivity contribution is 0.0453. The van der Waals surface area contributed by atoms with Gasteiger partial charge in [-0.3, -0.25) is 0 Å². The van der Waals surface area contributed by atoms with E-state index in [0.29, 0.717) is 24.3 Å². The molecule has 0 amide bonds. The summed E-state index contributed by atoms with van der Waals surface area (Å²) in [6.45, 7) is 2.27. The van der Waals surface area contributed by atoms with Gasteiger partial charge >= 0.3 is 0 Å². The molecule has 1 fully saturated rings. The monoisotopic (exact) mass is 255 g/mol. The smallest absolute Gasteiger partial charge is 0.240 e. The number of nitrogens with one attached hydrogen (secondary N) is 1. The number of aliphatic hydroxyl groups excluding tert-OH is 1. The topological polar surface area (TPSA) is 66.4 Å². The first-order valence-corrected chi connectivity index (χ1v) is 7.20.